The Morgan fingerprint density at radius 1 is 1.29 bits per heavy atom. The molecule has 0 saturated carbocycles. The summed E-state index contributed by atoms with van der Waals surface area (Å²) in [6, 6.07) is 3.61. The molecule has 0 spiro atoms. The summed E-state index contributed by atoms with van der Waals surface area (Å²) in [7, 11) is 0. The van der Waals surface area contributed by atoms with Crippen molar-refractivity contribution in [3.63, 3.8) is 0 Å². The Morgan fingerprint density at radius 2 is 1.88 bits per heavy atom. The zero-order valence-electron chi connectivity index (χ0n) is 9.92. The van der Waals surface area contributed by atoms with E-state index in [1.807, 2.05) is 19.9 Å². The molecule has 0 aliphatic carbocycles. The fourth-order valence-electron chi connectivity index (χ4n) is 2.05. The monoisotopic (exact) mass is 236 g/mol. The number of hydrogen-bond donors (Lipinski definition) is 2. The second kappa shape index (κ2) is 4.43. The minimum Gasteiger partial charge on any atom is -0.388 e. The lowest BCUT2D eigenvalue weighted by molar-refractivity contribution is 0.0572. The van der Waals surface area contributed by atoms with Crippen molar-refractivity contribution in [2.75, 3.05) is 13.1 Å². The smallest absolute Gasteiger partial charge is 0.272 e. The molecule has 5 heteroatoms. The van der Waals surface area contributed by atoms with Crippen molar-refractivity contribution >= 4 is 5.91 Å². The molecule has 2 atom stereocenters. The van der Waals surface area contributed by atoms with Crippen LogP contribution in [0.2, 0.25) is 0 Å². The number of likely N-dealkylation sites (tertiary alicyclic amines) is 1. The van der Waals surface area contributed by atoms with Crippen LogP contribution in [0.5, 0.6) is 0 Å². The van der Waals surface area contributed by atoms with Crippen LogP contribution in [0.25, 0.3) is 0 Å². The molecule has 5 nitrogen and oxygen atoms in total. The van der Waals surface area contributed by atoms with Gasteiger partial charge in [0.2, 0.25) is 0 Å². The number of pyridine rings is 1. The highest BCUT2D eigenvalue weighted by atomic mass is 16.3. The fourth-order valence-corrected chi connectivity index (χ4v) is 2.05. The summed E-state index contributed by atoms with van der Waals surface area (Å²) in [6.45, 7) is 4.06. The molecule has 1 aliphatic rings. The number of aliphatic hydroxyl groups is 2. The number of β-amino-alcohol motifs (C(OH)–C–C–N with tert-alkyl or cyclic N) is 2. The average molecular weight is 236 g/mol. The van der Waals surface area contributed by atoms with Gasteiger partial charge in [-0.15, -0.1) is 0 Å². The fraction of sp³-hybridized carbons (Fsp3) is 0.500. The molecule has 0 unspecified atom stereocenters. The van der Waals surface area contributed by atoms with E-state index in [0.717, 1.165) is 11.3 Å². The van der Waals surface area contributed by atoms with Crippen LogP contribution in [0.4, 0.5) is 0 Å². The topological polar surface area (TPSA) is 73.7 Å². The molecule has 2 heterocycles. The lowest BCUT2D eigenvalue weighted by Gasteiger charge is -2.15. The van der Waals surface area contributed by atoms with Crippen LogP contribution in [-0.2, 0) is 0 Å². The Labute approximate surface area is 99.7 Å². The standard InChI is InChI=1S/C12H16N2O3/c1-7-3-8(2)13-9(4-7)12(17)14-5-10(15)11(16)6-14/h3-4,10-11,15-16H,5-6H2,1-2H3/t10-,11+. The number of amides is 1. The van der Waals surface area contributed by atoms with Gasteiger partial charge in [-0.1, -0.05) is 0 Å². The Kier molecular flexibility index (Phi) is 3.13. The van der Waals surface area contributed by atoms with Crippen molar-refractivity contribution in [2.45, 2.75) is 26.1 Å². The molecule has 0 aromatic carbocycles. The first kappa shape index (κ1) is 12.0. The average Bonchev–Trinajstić information content (AvgIpc) is 2.57. The van der Waals surface area contributed by atoms with E-state index in [2.05, 4.69) is 4.98 Å². The maximum atomic E-state index is 12.1. The van der Waals surface area contributed by atoms with Crippen molar-refractivity contribution in [3.05, 3.63) is 29.1 Å². The van der Waals surface area contributed by atoms with E-state index < -0.39 is 12.2 Å². The maximum Gasteiger partial charge on any atom is 0.272 e. The van der Waals surface area contributed by atoms with Gasteiger partial charge in [0, 0.05) is 18.8 Å². The molecule has 1 saturated heterocycles. The van der Waals surface area contributed by atoms with Crippen molar-refractivity contribution in [1.29, 1.82) is 0 Å². The number of carbonyl (C=O) groups is 1. The molecule has 0 bridgehead atoms. The summed E-state index contributed by atoms with van der Waals surface area (Å²) in [5.74, 6) is -0.243. The lowest BCUT2D eigenvalue weighted by atomic mass is 10.2. The van der Waals surface area contributed by atoms with E-state index in [4.69, 9.17) is 0 Å². The number of rotatable bonds is 1. The first-order valence-corrected chi connectivity index (χ1v) is 5.58. The van der Waals surface area contributed by atoms with Crippen molar-refractivity contribution in [3.8, 4) is 0 Å². The zero-order valence-corrected chi connectivity index (χ0v) is 9.92. The minimum absolute atomic E-state index is 0.161. The van der Waals surface area contributed by atoms with Gasteiger partial charge >= 0.3 is 0 Å². The molecule has 2 rings (SSSR count). The minimum atomic E-state index is -0.857. The summed E-state index contributed by atoms with van der Waals surface area (Å²) >= 11 is 0. The SMILES string of the molecule is Cc1cc(C)nc(C(=O)N2C[C@@H](O)[C@@H](O)C2)c1. The molecular formula is C12H16N2O3. The Hall–Kier alpha value is -1.46. The number of aryl methyl sites for hydroxylation is 2. The van der Waals surface area contributed by atoms with E-state index >= 15 is 0 Å². The molecule has 1 amide bonds. The van der Waals surface area contributed by atoms with Gasteiger partial charge < -0.3 is 15.1 Å². The molecule has 0 radical (unpaired) electrons. The Bertz CT molecular complexity index is 417. The van der Waals surface area contributed by atoms with Gasteiger partial charge in [0.05, 0.1) is 12.2 Å². The lowest BCUT2D eigenvalue weighted by Crippen LogP contribution is -2.30. The highest BCUT2D eigenvalue weighted by Gasteiger charge is 2.33. The van der Waals surface area contributed by atoms with Crippen molar-refractivity contribution in [1.82, 2.24) is 9.88 Å². The number of aromatic nitrogens is 1. The molecule has 1 fully saturated rings. The summed E-state index contributed by atoms with van der Waals surface area (Å²) in [6.07, 6.45) is -1.71. The van der Waals surface area contributed by atoms with E-state index in [0.29, 0.717) is 5.69 Å². The number of hydrogen-bond acceptors (Lipinski definition) is 4. The van der Waals surface area contributed by atoms with Crippen LogP contribution in [0.3, 0.4) is 0 Å². The number of nitrogens with zero attached hydrogens (tertiary/aromatic N) is 2. The van der Waals surface area contributed by atoms with Gasteiger partial charge in [-0.25, -0.2) is 4.98 Å². The van der Waals surface area contributed by atoms with Crippen LogP contribution in [0, 0.1) is 13.8 Å². The van der Waals surface area contributed by atoms with Crippen LogP contribution in [-0.4, -0.2) is 51.3 Å². The molecule has 92 valence electrons. The second-order valence-corrected chi connectivity index (χ2v) is 4.52. The largest absolute Gasteiger partial charge is 0.388 e. The second-order valence-electron chi connectivity index (χ2n) is 4.52. The highest BCUT2D eigenvalue weighted by Crippen LogP contribution is 2.14. The van der Waals surface area contributed by atoms with Gasteiger partial charge in [-0.05, 0) is 31.5 Å². The quantitative estimate of drug-likeness (QED) is 0.712. The van der Waals surface area contributed by atoms with Crippen molar-refractivity contribution < 1.29 is 15.0 Å². The van der Waals surface area contributed by atoms with E-state index in [1.54, 1.807) is 6.07 Å². The molecule has 1 aromatic heterocycles. The zero-order chi connectivity index (χ0) is 12.6. The van der Waals surface area contributed by atoms with E-state index in [-0.39, 0.29) is 19.0 Å². The normalized spacial score (nSPS) is 24.1. The number of aliphatic hydroxyl groups excluding tert-OH is 2. The Balaban J connectivity index is 2.20. The molecule has 17 heavy (non-hydrogen) atoms. The summed E-state index contributed by atoms with van der Waals surface area (Å²) in [4.78, 5) is 17.7. The third-order valence-electron chi connectivity index (χ3n) is 2.86. The van der Waals surface area contributed by atoms with Crippen LogP contribution in [0.1, 0.15) is 21.7 Å². The van der Waals surface area contributed by atoms with Crippen LogP contribution < -0.4 is 0 Å². The number of carbonyl (C=O) groups excluding carboxylic acids is 1. The molecule has 1 aliphatic heterocycles. The van der Waals surface area contributed by atoms with Gasteiger partial charge in [-0.2, -0.15) is 0 Å². The highest BCUT2D eigenvalue weighted by molar-refractivity contribution is 5.92. The maximum absolute atomic E-state index is 12.1. The third-order valence-corrected chi connectivity index (χ3v) is 2.86. The van der Waals surface area contributed by atoms with Crippen LogP contribution in [0.15, 0.2) is 12.1 Å². The molecule has 1 aromatic rings. The summed E-state index contributed by atoms with van der Waals surface area (Å²) in [5, 5.41) is 18.8. The first-order chi connectivity index (χ1) is 7.97. The van der Waals surface area contributed by atoms with Gasteiger partial charge in [0.15, 0.2) is 0 Å². The van der Waals surface area contributed by atoms with Gasteiger partial charge in [0.1, 0.15) is 5.69 Å². The van der Waals surface area contributed by atoms with Crippen molar-refractivity contribution in [2.24, 2.45) is 0 Å². The van der Waals surface area contributed by atoms with Gasteiger partial charge in [0.25, 0.3) is 5.91 Å². The first-order valence-electron chi connectivity index (χ1n) is 5.58. The Morgan fingerprint density at radius 3 is 2.41 bits per heavy atom. The van der Waals surface area contributed by atoms with Crippen LogP contribution >= 0.6 is 0 Å². The molecular weight excluding hydrogens is 220 g/mol. The van der Waals surface area contributed by atoms with E-state index in [1.165, 1.54) is 4.90 Å². The predicted octanol–water partition coefficient (Wildman–Crippen LogP) is -0.124. The predicted molar refractivity (Wildman–Crippen MR) is 61.6 cm³/mol. The molecule has 2 N–H and O–H groups in total. The summed E-state index contributed by atoms with van der Waals surface area (Å²) in [5.41, 5.74) is 2.12. The van der Waals surface area contributed by atoms with E-state index in [9.17, 15) is 15.0 Å². The third kappa shape index (κ3) is 2.45. The van der Waals surface area contributed by atoms with Gasteiger partial charge in [-0.3, -0.25) is 4.79 Å². The summed E-state index contributed by atoms with van der Waals surface area (Å²) < 4.78 is 0.